The van der Waals surface area contributed by atoms with Gasteiger partial charge in [-0.3, -0.25) is 4.18 Å². The van der Waals surface area contributed by atoms with Crippen LogP contribution in [0.5, 0.6) is 0 Å². The van der Waals surface area contributed by atoms with E-state index < -0.39 is 14.9 Å². The van der Waals surface area contributed by atoms with Crippen molar-refractivity contribution in [2.45, 2.75) is 24.0 Å². The molecule has 12 heavy (non-hydrogen) atoms. The molecule has 2 unspecified atom stereocenters. The van der Waals surface area contributed by atoms with E-state index in [4.69, 9.17) is 0 Å². The van der Waals surface area contributed by atoms with Gasteiger partial charge >= 0.3 is 0 Å². The highest BCUT2D eigenvalue weighted by Crippen LogP contribution is 2.47. The SMILES string of the molecule is COS(=O)(=O)C12C=CC(CC1)C2. The van der Waals surface area contributed by atoms with Crippen LogP contribution in [-0.2, 0) is 14.3 Å². The fourth-order valence-electron chi connectivity index (χ4n) is 2.18. The summed E-state index contributed by atoms with van der Waals surface area (Å²) in [6.07, 6.45) is 6.24. The van der Waals surface area contributed by atoms with Gasteiger partial charge in [-0.2, -0.15) is 8.42 Å². The molecule has 68 valence electrons. The van der Waals surface area contributed by atoms with Crippen LogP contribution in [0.15, 0.2) is 12.2 Å². The Kier molecular flexibility index (Phi) is 1.60. The molecule has 0 saturated heterocycles. The summed E-state index contributed by atoms with van der Waals surface area (Å²) in [6, 6.07) is 0. The summed E-state index contributed by atoms with van der Waals surface area (Å²) in [7, 11) is -2.12. The van der Waals surface area contributed by atoms with Gasteiger partial charge in [0.05, 0.1) is 7.11 Å². The highest BCUT2D eigenvalue weighted by molar-refractivity contribution is 7.88. The van der Waals surface area contributed by atoms with Gasteiger partial charge in [0.2, 0.25) is 0 Å². The topological polar surface area (TPSA) is 43.4 Å². The largest absolute Gasteiger partial charge is 0.276 e. The number of allylic oxidation sites excluding steroid dienone is 1. The van der Waals surface area contributed by atoms with Crippen molar-refractivity contribution >= 4 is 10.1 Å². The Bertz CT molecular complexity index is 317. The Labute approximate surface area is 72.5 Å². The van der Waals surface area contributed by atoms with Gasteiger partial charge in [0.1, 0.15) is 4.75 Å². The molecule has 0 radical (unpaired) electrons. The van der Waals surface area contributed by atoms with E-state index in [1.807, 2.05) is 6.08 Å². The second-order valence-corrected chi connectivity index (χ2v) is 5.60. The highest BCUT2D eigenvalue weighted by atomic mass is 32.2. The first kappa shape index (κ1) is 8.26. The third kappa shape index (κ3) is 0.880. The summed E-state index contributed by atoms with van der Waals surface area (Å²) in [5.41, 5.74) is 0. The molecule has 0 aromatic heterocycles. The smallest absolute Gasteiger partial charge is 0.273 e. The molecule has 0 heterocycles. The number of hydrogen-bond donors (Lipinski definition) is 0. The fourth-order valence-corrected chi connectivity index (χ4v) is 3.54. The van der Waals surface area contributed by atoms with E-state index in [0.29, 0.717) is 5.92 Å². The van der Waals surface area contributed by atoms with Crippen LogP contribution in [0.1, 0.15) is 19.3 Å². The van der Waals surface area contributed by atoms with Crippen LogP contribution in [0.3, 0.4) is 0 Å². The molecule has 2 bridgehead atoms. The molecular formula is C8H12O3S. The van der Waals surface area contributed by atoms with E-state index in [1.165, 1.54) is 7.11 Å². The Balaban J connectivity index is 2.41. The minimum absolute atomic E-state index is 0.468. The molecule has 0 aromatic rings. The number of rotatable bonds is 2. The highest BCUT2D eigenvalue weighted by Gasteiger charge is 2.50. The standard InChI is InChI=1S/C8H12O3S/c1-11-12(9,10)8-4-2-7(6-8)3-5-8/h2,4,7H,3,5-6H2,1H3. The lowest BCUT2D eigenvalue weighted by molar-refractivity contribution is 0.375. The average molecular weight is 188 g/mol. The van der Waals surface area contributed by atoms with Crippen LogP contribution < -0.4 is 0 Å². The van der Waals surface area contributed by atoms with Crippen LogP contribution in [0.4, 0.5) is 0 Å². The second kappa shape index (κ2) is 2.33. The van der Waals surface area contributed by atoms with Crippen LogP contribution in [0.25, 0.3) is 0 Å². The van der Waals surface area contributed by atoms with Crippen LogP contribution in [0, 0.1) is 5.92 Å². The summed E-state index contributed by atoms with van der Waals surface area (Å²) in [5, 5.41) is 0. The molecular weight excluding hydrogens is 176 g/mol. The van der Waals surface area contributed by atoms with Crippen molar-refractivity contribution in [3.05, 3.63) is 12.2 Å². The van der Waals surface area contributed by atoms with Gasteiger partial charge in [0, 0.05) is 0 Å². The minimum Gasteiger partial charge on any atom is -0.273 e. The number of hydrogen-bond acceptors (Lipinski definition) is 3. The van der Waals surface area contributed by atoms with Gasteiger partial charge in [-0.15, -0.1) is 0 Å². The van der Waals surface area contributed by atoms with Gasteiger partial charge in [-0.05, 0) is 25.2 Å². The van der Waals surface area contributed by atoms with Gasteiger partial charge in [0.25, 0.3) is 10.1 Å². The Morgan fingerprint density at radius 3 is 2.67 bits per heavy atom. The van der Waals surface area contributed by atoms with E-state index >= 15 is 0 Å². The molecule has 2 rings (SSSR count). The van der Waals surface area contributed by atoms with Gasteiger partial charge in [-0.25, -0.2) is 0 Å². The van der Waals surface area contributed by atoms with Crippen molar-refractivity contribution in [2.75, 3.05) is 7.11 Å². The molecule has 0 aliphatic heterocycles. The van der Waals surface area contributed by atoms with Crippen molar-refractivity contribution in [1.29, 1.82) is 0 Å². The van der Waals surface area contributed by atoms with Crippen LogP contribution in [0.2, 0.25) is 0 Å². The molecule has 0 amide bonds. The van der Waals surface area contributed by atoms with Gasteiger partial charge < -0.3 is 0 Å². The van der Waals surface area contributed by atoms with Crippen molar-refractivity contribution in [3.8, 4) is 0 Å². The normalized spacial score (nSPS) is 39.2. The first-order valence-electron chi connectivity index (χ1n) is 4.09. The summed E-state index contributed by atoms with van der Waals surface area (Å²) < 4.78 is 26.9. The zero-order valence-corrected chi connectivity index (χ0v) is 7.80. The second-order valence-electron chi connectivity index (χ2n) is 3.55. The Morgan fingerprint density at radius 2 is 2.33 bits per heavy atom. The van der Waals surface area contributed by atoms with Crippen molar-refractivity contribution < 1.29 is 12.6 Å². The average Bonchev–Trinajstić information content (AvgIpc) is 2.64. The maximum atomic E-state index is 11.5. The first-order chi connectivity index (χ1) is 5.60. The molecule has 2 atom stereocenters. The van der Waals surface area contributed by atoms with Gasteiger partial charge in [-0.1, -0.05) is 12.2 Å². The molecule has 0 aromatic carbocycles. The van der Waals surface area contributed by atoms with Crippen LogP contribution >= 0.6 is 0 Å². The third-order valence-corrected chi connectivity index (χ3v) is 4.88. The van der Waals surface area contributed by atoms with Crippen molar-refractivity contribution in [1.82, 2.24) is 0 Å². The van der Waals surface area contributed by atoms with E-state index in [1.54, 1.807) is 6.08 Å². The van der Waals surface area contributed by atoms with E-state index in [0.717, 1.165) is 19.3 Å². The maximum Gasteiger partial charge on any atom is 0.276 e. The quantitative estimate of drug-likeness (QED) is 0.481. The molecule has 2 aliphatic carbocycles. The first-order valence-corrected chi connectivity index (χ1v) is 5.50. The molecule has 1 fully saturated rings. The lowest BCUT2D eigenvalue weighted by Crippen LogP contribution is -2.33. The monoisotopic (exact) mass is 188 g/mol. The van der Waals surface area contributed by atoms with E-state index in [-0.39, 0.29) is 0 Å². The maximum absolute atomic E-state index is 11.5. The number of fused-ring (bicyclic) bond motifs is 2. The lowest BCUT2D eigenvalue weighted by atomic mass is 10.1. The van der Waals surface area contributed by atoms with E-state index in [2.05, 4.69) is 4.18 Å². The fraction of sp³-hybridized carbons (Fsp3) is 0.750. The predicted octanol–water partition coefficient (Wildman–Crippen LogP) is 1.07. The third-order valence-electron chi connectivity index (χ3n) is 2.94. The summed E-state index contributed by atoms with van der Waals surface area (Å²) in [6.45, 7) is 0. The molecule has 1 saturated carbocycles. The molecule has 3 nitrogen and oxygen atoms in total. The molecule has 4 heteroatoms. The molecule has 0 N–H and O–H groups in total. The van der Waals surface area contributed by atoms with Gasteiger partial charge in [0.15, 0.2) is 0 Å². The zero-order valence-electron chi connectivity index (χ0n) is 6.99. The Hall–Kier alpha value is -0.350. The minimum atomic E-state index is -3.35. The van der Waals surface area contributed by atoms with Crippen LogP contribution in [-0.4, -0.2) is 20.3 Å². The van der Waals surface area contributed by atoms with E-state index in [9.17, 15) is 8.42 Å². The van der Waals surface area contributed by atoms with Crippen molar-refractivity contribution in [2.24, 2.45) is 5.92 Å². The molecule has 0 spiro atoms. The van der Waals surface area contributed by atoms with Crippen molar-refractivity contribution in [3.63, 3.8) is 0 Å². The summed E-state index contributed by atoms with van der Waals surface area (Å²) >= 11 is 0. The zero-order chi connectivity index (χ0) is 8.82. The summed E-state index contributed by atoms with van der Waals surface area (Å²) in [4.78, 5) is 0. The predicted molar refractivity (Wildman–Crippen MR) is 45.1 cm³/mol. The molecule has 2 aliphatic rings. The lowest BCUT2D eigenvalue weighted by Gasteiger charge is -2.21. The summed E-state index contributed by atoms with van der Waals surface area (Å²) in [5.74, 6) is 0.468. The Morgan fingerprint density at radius 1 is 1.58 bits per heavy atom.